The van der Waals surface area contributed by atoms with Crippen LogP contribution >= 0.6 is 0 Å². The van der Waals surface area contributed by atoms with E-state index in [2.05, 4.69) is 43.4 Å². The summed E-state index contributed by atoms with van der Waals surface area (Å²) in [7, 11) is 0. The molecule has 2 aromatic carbocycles. The van der Waals surface area contributed by atoms with Crippen LogP contribution in [-0.4, -0.2) is 11.7 Å². The molecule has 110 valence electrons. The van der Waals surface area contributed by atoms with Crippen LogP contribution in [0.25, 0.3) is 0 Å². The normalized spacial score (nSPS) is 20.5. The van der Waals surface area contributed by atoms with Gasteiger partial charge in [-0.2, -0.15) is 0 Å². The molecule has 0 aromatic heterocycles. The van der Waals surface area contributed by atoms with Gasteiger partial charge in [-0.25, -0.2) is 0 Å². The zero-order valence-corrected chi connectivity index (χ0v) is 12.8. The van der Waals surface area contributed by atoms with Crippen LogP contribution in [0.2, 0.25) is 0 Å². The first-order valence-corrected chi connectivity index (χ1v) is 7.76. The number of phenols is 1. The van der Waals surface area contributed by atoms with E-state index in [0.29, 0.717) is 11.7 Å². The molecule has 1 aliphatic carbocycles. The maximum Gasteiger partial charge on any atom is 0.120 e. The van der Waals surface area contributed by atoms with E-state index in [1.165, 1.54) is 16.7 Å². The Bertz CT molecular complexity index is 621. The van der Waals surface area contributed by atoms with Gasteiger partial charge in [0.2, 0.25) is 0 Å². The summed E-state index contributed by atoms with van der Waals surface area (Å²) in [6.45, 7) is 5.33. The van der Waals surface area contributed by atoms with Crippen molar-refractivity contribution in [3.63, 3.8) is 0 Å². The van der Waals surface area contributed by atoms with Gasteiger partial charge in [-0.05, 0) is 55.0 Å². The molecule has 2 heteroatoms. The smallest absolute Gasteiger partial charge is 0.120 e. The molecule has 0 amide bonds. The second-order valence-corrected chi connectivity index (χ2v) is 6.11. The maximum absolute atomic E-state index is 10.2. The number of benzene rings is 2. The van der Waals surface area contributed by atoms with Crippen LogP contribution < -0.4 is 5.32 Å². The highest BCUT2D eigenvalue weighted by molar-refractivity contribution is 5.50. The first kappa shape index (κ1) is 14.2. The van der Waals surface area contributed by atoms with Gasteiger partial charge in [0.1, 0.15) is 5.75 Å². The van der Waals surface area contributed by atoms with Crippen LogP contribution in [0.5, 0.6) is 5.75 Å². The lowest BCUT2D eigenvalue weighted by Gasteiger charge is -2.16. The van der Waals surface area contributed by atoms with Gasteiger partial charge < -0.3 is 10.4 Å². The lowest BCUT2D eigenvalue weighted by molar-refractivity contribution is 0.446. The van der Waals surface area contributed by atoms with E-state index < -0.39 is 0 Å². The second kappa shape index (κ2) is 5.90. The van der Waals surface area contributed by atoms with Crippen molar-refractivity contribution in [2.75, 3.05) is 6.54 Å². The van der Waals surface area contributed by atoms with Crippen molar-refractivity contribution in [1.29, 1.82) is 0 Å². The molecule has 2 nitrogen and oxygen atoms in total. The molecule has 2 unspecified atom stereocenters. The average Bonchev–Trinajstić information content (AvgIpc) is 2.82. The maximum atomic E-state index is 10.2. The van der Waals surface area contributed by atoms with E-state index in [0.717, 1.165) is 24.9 Å². The molecule has 2 N–H and O–H groups in total. The third-order valence-electron chi connectivity index (χ3n) is 4.56. The van der Waals surface area contributed by atoms with Gasteiger partial charge in [0.15, 0.2) is 0 Å². The summed E-state index contributed by atoms with van der Waals surface area (Å²) in [6.07, 6.45) is 2.09. The summed E-state index contributed by atoms with van der Waals surface area (Å²) >= 11 is 0. The number of aryl methyl sites for hydroxylation is 1. The molecular formula is C19H23NO. The first-order valence-electron chi connectivity index (χ1n) is 7.76. The third-order valence-corrected chi connectivity index (χ3v) is 4.56. The molecule has 3 rings (SSSR count). The Morgan fingerprint density at radius 3 is 2.62 bits per heavy atom. The quantitative estimate of drug-likeness (QED) is 0.885. The Kier molecular flexibility index (Phi) is 3.98. The lowest BCUT2D eigenvalue weighted by Crippen LogP contribution is -2.22. The molecule has 0 heterocycles. The number of rotatable bonds is 4. The molecule has 0 fully saturated rings. The molecule has 2 aromatic rings. The fourth-order valence-corrected chi connectivity index (χ4v) is 3.56. The van der Waals surface area contributed by atoms with Crippen LogP contribution in [0.4, 0.5) is 0 Å². The van der Waals surface area contributed by atoms with E-state index in [1.807, 2.05) is 18.2 Å². The third kappa shape index (κ3) is 2.81. The van der Waals surface area contributed by atoms with Gasteiger partial charge in [-0.15, -0.1) is 0 Å². The highest BCUT2D eigenvalue weighted by atomic mass is 16.3. The lowest BCUT2D eigenvalue weighted by atomic mass is 9.97. The van der Waals surface area contributed by atoms with Crippen LogP contribution in [0.3, 0.4) is 0 Å². The summed E-state index contributed by atoms with van der Waals surface area (Å²) in [5.41, 5.74) is 5.11. The number of fused-ring (bicyclic) bond motifs is 1. The van der Waals surface area contributed by atoms with Gasteiger partial charge in [-0.3, -0.25) is 0 Å². The zero-order chi connectivity index (χ0) is 14.8. The summed E-state index contributed by atoms with van der Waals surface area (Å²) in [4.78, 5) is 0. The molecule has 0 saturated carbocycles. The minimum Gasteiger partial charge on any atom is -0.508 e. The Labute approximate surface area is 126 Å². The summed E-state index contributed by atoms with van der Waals surface area (Å²) < 4.78 is 0. The van der Waals surface area contributed by atoms with Crippen LogP contribution in [0, 0.1) is 6.92 Å². The molecule has 0 saturated heterocycles. The summed E-state index contributed by atoms with van der Waals surface area (Å²) in [5, 5.41) is 13.8. The minimum absolute atomic E-state index is 0.276. The predicted molar refractivity (Wildman–Crippen MR) is 86.8 cm³/mol. The van der Waals surface area contributed by atoms with Crippen LogP contribution in [0.15, 0.2) is 42.5 Å². The first-order chi connectivity index (χ1) is 10.2. The van der Waals surface area contributed by atoms with Crippen molar-refractivity contribution in [3.05, 3.63) is 64.7 Å². The Hall–Kier alpha value is -1.80. The molecule has 0 radical (unpaired) electrons. The Morgan fingerprint density at radius 1 is 1.10 bits per heavy atom. The number of nitrogens with one attached hydrogen (secondary N) is 1. The molecule has 2 atom stereocenters. The summed E-state index contributed by atoms with van der Waals surface area (Å²) in [5.74, 6) is 0.957. The number of aromatic hydroxyl groups is 1. The van der Waals surface area contributed by atoms with Crippen molar-refractivity contribution >= 4 is 0 Å². The fourth-order valence-electron chi connectivity index (χ4n) is 3.56. The number of hydrogen-bond acceptors (Lipinski definition) is 2. The minimum atomic E-state index is 0.276. The number of hydrogen-bond donors (Lipinski definition) is 2. The van der Waals surface area contributed by atoms with Crippen molar-refractivity contribution in [1.82, 2.24) is 5.32 Å². The van der Waals surface area contributed by atoms with Gasteiger partial charge >= 0.3 is 0 Å². The topological polar surface area (TPSA) is 32.3 Å². The molecule has 21 heavy (non-hydrogen) atoms. The monoisotopic (exact) mass is 281 g/mol. The van der Waals surface area contributed by atoms with Gasteiger partial charge in [0.05, 0.1) is 0 Å². The van der Waals surface area contributed by atoms with E-state index >= 15 is 0 Å². The van der Waals surface area contributed by atoms with Gasteiger partial charge in [0.25, 0.3) is 0 Å². The molecule has 1 aliphatic rings. The van der Waals surface area contributed by atoms with Crippen LogP contribution in [-0.2, 0) is 6.42 Å². The average molecular weight is 281 g/mol. The van der Waals surface area contributed by atoms with E-state index in [-0.39, 0.29) is 6.04 Å². The predicted octanol–water partition coefficient (Wildman–Crippen LogP) is 4.08. The van der Waals surface area contributed by atoms with Gasteiger partial charge in [-0.1, -0.05) is 43.3 Å². The van der Waals surface area contributed by atoms with Crippen molar-refractivity contribution < 1.29 is 5.11 Å². The largest absolute Gasteiger partial charge is 0.508 e. The summed E-state index contributed by atoms with van der Waals surface area (Å²) in [6, 6.07) is 14.7. The van der Waals surface area contributed by atoms with Crippen molar-refractivity contribution in [2.45, 2.75) is 38.6 Å². The van der Waals surface area contributed by atoms with E-state index in [9.17, 15) is 5.11 Å². The molecular weight excluding hydrogens is 258 g/mol. The highest BCUT2D eigenvalue weighted by Gasteiger charge is 2.31. The SMILES string of the molecule is Cc1ccc(O)c2c1C(C)CC2NCCc1ccccc1. The molecule has 0 spiro atoms. The van der Waals surface area contributed by atoms with Crippen LogP contribution in [0.1, 0.15) is 47.6 Å². The van der Waals surface area contributed by atoms with Crippen molar-refractivity contribution in [3.8, 4) is 5.75 Å². The molecule has 0 aliphatic heterocycles. The van der Waals surface area contributed by atoms with Gasteiger partial charge in [0, 0.05) is 11.6 Å². The van der Waals surface area contributed by atoms with Crippen molar-refractivity contribution in [2.24, 2.45) is 0 Å². The Morgan fingerprint density at radius 2 is 1.86 bits per heavy atom. The second-order valence-electron chi connectivity index (χ2n) is 6.11. The molecule has 0 bridgehead atoms. The standard InChI is InChI=1S/C19H23NO/c1-13-8-9-17(21)19-16(12-14(2)18(13)19)20-11-10-15-6-4-3-5-7-15/h3-9,14,16,20-21H,10-12H2,1-2H3. The zero-order valence-electron chi connectivity index (χ0n) is 12.8. The van der Waals surface area contributed by atoms with E-state index in [1.54, 1.807) is 0 Å². The number of phenolic OH excluding ortho intramolecular Hbond substituents is 1. The fraction of sp³-hybridized carbons (Fsp3) is 0.368. The highest BCUT2D eigenvalue weighted by Crippen LogP contribution is 2.45. The Balaban J connectivity index is 1.70. The van der Waals surface area contributed by atoms with E-state index in [4.69, 9.17) is 0 Å².